The predicted octanol–water partition coefficient (Wildman–Crippen LogP) is 4.46. The summed E-state index contributed by atoms with van der Waals surface area (Å²) in [4.78, 5) is 42.3. The van der Waals surface area contributed by atoms with Crippen LogP contribution in [0.15, 0.2) is 22.7 Å². The van der Waals surface area contributed by atoms with Gasteiger partial charge in [0.15, 0.2) is 11.3 Å². The van der Waals surface area contributed by atoms with Crippen molar-refractivity contribution in [2.24, 2.45) is 0 Å². The molecule has 2 aliphatic rings. The summed E-state index contributed by atoms with van der Waals surface area (Å²) < 4.78 is 10.5. The molecule has 0 saturated carbocycles. The number of hydrogen-bond acceptors (Lipinski definition) is 8. The number of esters is 1. The maximum atomic E-state index is 14.2. The van der Waals surface area contributed by atoms with E-state index in [4.69, 9.17) is 20.9 Å². The Hall–Kier alpha value is -2.27. The second-order valence-electron chi connectivity index (χ2n) is 9.31. The van der Waals surface area contributed by atoms with E-state index in [9.17, 15) is 14.4 Å². The fourth-order valence-electron chi connectivity index (χ4n) is 5.26. The number of aryl methyl sites for hydroxylation is 1. The van der Waals surface area contributed by atoms with Gasteiger partial charge in [0.25, 0.3) is 0 Å². The molecule has 37 heavy (non-hydrogen) atoms. The first kappa shape index (κ1) is 29.3. The molecule has 2 aliphatic heterocycles. The number of hydrogen-bond donors (Lipinski definition) is 1. The van der Waals surface area contributed by atoms with Crippen LogP contribution in [0, 0.1) is 6.92 Å². The number of nitrogens with zero attached hydrogens (tertiary/aromatic N) is 3. The Kier molecular flexibility index (Phi) is 8.89. The van der Waals surface area contributed by atoms with Gasteiger partial charge in [-0.25, -0.2) is 4.79 Å². The van der Waals surface area contributed by atoms with Crippen molar-refractivity contribution in [3.8, 4) is 11.3 Å². The fourth-order valence-corrected chi connectivity index (χ4v) is 7.27. The van der Waals surface area contributed by atoms with Crippen LogP contribution >= 0.6 is 35.8 Å². The second kappa shape index (κ2) is 11.2. The van der Waals surface area contributed by atoms with Crippen LogP contribution in [0.4, 0.5) is 5.69 Å². The molecule has 0 unspecified atom stereocenters. The first-order valence-corrected chi connectivity index (χ1v) is 13.2. The minimum atomic E-state index is -1.47. The number of nitrogens with one attached hydrogen (secondary N) is 1. The van der Waals surface area contributed by atoms with Crippen LogP contribution in [0.1, 0.15) is 45.4 Å². The molecule has 0 spiro atoms. The van der Waals surface area contributed by atoms with Crippen molar-refractivity contribution < 1.29 is 23.6 Å². The second-order valence-corrected chi connectivity index (χ2v) is 11.5. The van der Waals surface area contributed by atoms with Gasteiger partial charge in [-0.05, 0) is 39.9 Å². The van der Waals surface area contributed by atoms with E-state index in [0.717, 1.165) is 13.1 Å². The number of ether oxygens (including phenoxy) is 1. The minimum Gasteiger partial charge on any atom is -0.462 e. The van der Waals surface area contributed by atoms with Crippen molar-refractivity contribution in [3.05, 3.63) is 34.5 Å². The quantitative estimate of drug-likeness (QED) is 0.253. The first-order valence-electron chi connectivity index (χ1n) is 12.0. The van der Waals surface area contributed by atoms with Crippen LogP contribution in [0.5, 0.6) is 0 Å². The minimum absolute atomic E-state index is 0. The molecular formula is C25H32Cl2N4O5S. The van der Waals surface area contributed by atoms with Gasteiger partial charge in [-0.2, -0.15) is 0 Å². The summed E-state index contributed by atoms with van der Waals surface area (Å²) in [5.41, 5.74) is 0.0622. The molecular weight excluding hydrogens is 539 g/mol. The lowest BCUT2D eigenvalue weighted by atomic mass is 9.73. The molecule has 9 nitrogen and oxygen atoms in total. The lowest BCUT2D eigenvalue weighted by Gasteiger charge is -2.48. The SMILES string of the molecule is CCN(CC)CCOC(=O)[C@@]1(c2cccc(Cl)c2-c2noc(C)c2NC=O)N2C(=O)C[C@H]2SC1(C)C.Cl. The molecule has 0 radical (unpaired) electrons. The van der Waals surface area contributed by atoms with Gasteiger partial charge in [-0.15, -0.1) is 24.2 Å². The number of halogens is 2. The van der Waals surface area contributed by atoms with Crippen LogP contribution < -0.4 is 5.32 Å². The first-order chi connectivity index (χ1) is 17.1. The molecule has 2 atom stereocenters. The summed E-state index contributed by atoms with van der Waals surface area (Å²) in [5.74, 6) is -0.264. The third kappa shape index (κ3) is 4.62. The summed E-state index contributed by atoms with van der Waals surface area (Å²) in [6, 6.07) is 5.20. The molecule has 12 heteroatoms. The van der Waals surface area contributed by atoms with Crippen molar-refractivity contribution in [2.45, 2.75) is 56.7 Å². The van der Waals surface area contributed by atoms with Crippen LogP contribution in [0.3, 0.4) is 0 Å². The van der Waals surface area contributed by atoms with Gasteiger partial charge >= 0.3 is 5.97 Å². The van der Waals surface area contributed by atoms with Gasteiger partial charge < -0.3 is 24.4 Å². The summed E-state index contributed by atoms with van der Waals surface area (Å²) in [7, 11) is 0. The Bertz CT molecular complexity index is 1190. The Morgan fingerprint density at radius 3 is 2.70 bits per heavy atom. The highest BCUT2D eigenvalue weighted by Crippen LogP contribution is 2.63. The van der Waals surface area contributed by atoms with Crippen LogP contribution in [0.25, 0.3) is 11.3 Å². The van der Waals surface area contributed by atoms with E-state index in [1.165, 1.54) is 0 Å². The monoisotopic (exact) mass is 570 g/mol. The summed E-state index contributed by atoms with van der Waals surface area (Å²) in [5, 5.41) is 6.95. The third-order valence-corrected chi connectivity index (χ3v) is 8.96. The zero-order valence-electron chi connectivity index (χ0n) is 21.5. The largest absolute Gasteiger partial charge is 0.462 e. The smallest absolute Gasteiger partial charge is 0.338 e. The van der Waals surface area contributed by atoms with E-state index in [1.54, 1.807) is 41.8 Å². The normalized spacial score (nSPS) is 21.8. The Balaban J connectivity index is 0.00000380. The fraction of sp³-hybridized carbons (Fsp3) is 0.520. The van der Waals surface area contributed by atoms with E-state index in [1.807, 2.05) is 13.8 Å². The average molecular weight is 572 g/mol. The molecule has 0 bridgehead atoms. The van der Waals surface area contributed by atoms with E-state index in [0.29, 0.717) is 47.0 Å². The zero-order chi connectivity index (χ0) is 26.3. The number of anilines is 1. The molecule has 202 valence electrons. The number of thioether (sulfide) groups is 1. The standard InChI is InChI=1S/C25H31ClN4O5S.ClH/c1-6-29(7-2)11-12-34-23(33)25(24(4,5)36-19-13-18(32)30(19)25)16-9-8-10-17(26)20(16)22-21(27-14-31)15(3)35-28-22;/h8-10,14,19H,6-7,11-13H2,1-5H3,(H,27,31);1H/t19-,25-;/m1./s1. The van der Waals surface area contributed by atoms with E-state index in [2.05, 4.69) is 29.2 Å². The van der Waals surface area contributed by atoms with Crippen LogP contribution in [-0.4, -0.2) is 69.6 Å². The Morgan fingerprint density at radius 2 is 2.08 bits per heavy atom. The topological polar surface area (TPSA) is 105 Å². The van der Waals surface area contributed by atoms with E-state index < -0.39 is 16.3 Å². The number of aromatic nitrogens is 1. The maximum absolute atomic E-state index is 14.2. The van der Waals surface area contributed by atoms with Gasteiger partial charge in [0, 0.05) is 17.7 Å². The molecule has 2 aromatic rings. The Morgan fingerprint density at radius 1 is 1.38 bits per heavy atom. The van der Waals surface area contributed by atoms with Gasteiger partial charge in [0.2, 0.25) is 12.3 Å². The lowest BCUT2D eigenvalue weighted by molar-refractivity contribution is -0.174. The van der Waals surface area contributed by atoms with E-state index in [-0.39, 0.29) is 36.0 Å². The molecule has 3 heterocycles. The number of rotatable bonds is 10. The molecule has 2 saturated heterocycles. The predicted molar refractivity (Wildman–Crippen MR) is 146 cm³/mol. The molecule has 1 aromatic heterocycles. The molecule has 2 amide bonds. The summed E-state index contributed by atoms with van der Waals surface area (Å²) in [6.45, 7) is 12.1. The molecule has 2 fully saturated rings. The molecule has 1 aromatic carbocycles. The van der Waals surface area contributed by atoms with Crippen LogP contribution in [0.2, 0.25) is 5.02 Å². The molecule has 0 aliphatic carbocycles. The zero-order valence-corrected chi connectivity index (χ0v) is 23.9. The highest BCUT2D eigenvalue weighted by molar-refractivity contribution is 8.01. The molecule has 1 N–H and O–H groups in total. The highest BCUT2D eigenvalue weighted by Gasteiger charge is 2.71. The highest BCUT2D eigenvalue weighted by atomic mass is 35.5. The van der Waals surface area contributed by atoms with Crippen molar-refractivity contribution in [2.75, 3.05) is 31.6 Å². The van der Waals surface area contributed by atoms with Crippen molar-refractivity contribution in [1.82, 2.24) is 15.0 Å². The summed E-state index contributed by atoms with van der Waals surface area (Å²) >= 11 is 8.30. The van der Waals surface area contributed by atoms with Gasteiger partial charge in [-0.3, -0.25) is 9.59 Å². The van der Waals surface area contributed by atoms with Crippen molar-refractivity contribution in [1.29, 1.82) is 0 Å². The number of β-lactam (4-membered cyclic amide) rings is 1. The van der Waals surface area contributed by atoms with Crippen molar-refractivity contribution >= 4 is 59.7 Å². The average Bonchev–Trinajstić information content (AvgIpc) is 3.28. The number of amides is 2. The van der Waals surface area contributed by atoms with E-state index >= 15 is 0 Å². The lowest BCUT2D eigenvalue weighted by Crippen LogP contribution is -2.65. The third-order valence-electron chi connectivity index (χ3n) is 7.11. The van der Waals surface area contributed by atoms with Gasteiger partial charge in [-0.1, -0.05) is 42.7 Å². The van der Waals surface area contributed by atoms with Gasteiger partial charge in [0.1, 0.15) is 18.0 Å². The molecule has 4 rings (SSSR count). The van der Waals surface area contributed by atoms with Gasteiger partial charge in [0.05, 0.1) is 21.6 Å². The summed E-state index contributed by atoms with van der Waals surface area (Å²) in [6.07, 6.45) is 0.876. The number of carbonyl (C=O) groups is 3. The van der Waals surface area contributed by atoms with Crippen molar-refractivity contribution in [3.63, 3.8) is 0 Å². The number of fused-ring (bicyclic) bond motifs is 1. The van der Waals surface area contributed by atoms with Crippen LogP contribution in [-0.2, 0) is 24.7 Å². The number of carbonyl (C=O) groups excluding carboxylic acids is 3. The Labute approximate surface area is 232 Å². The maximum Gasteiger partial charge on any atom is 0.338 e. The number of likely N-dealkylation sites (N-methyl/N-ethyl adjacent to an activating group) is 1. The number of benzene rings is 1.